The molecule has 0 aliphatic rings. The summed E-state index contributed by atoms with van der Waals surface area (Å²) in [5.74, 6) is -0.333. The van der Waals surface area contributed by atoms with Crippen LogP contribution in [-0.4, -0.2) is 53.9 Å². The van der Waals surface area contributed by atoms with Gasteiger partial charge in [0.1, 0.15) is 6.61 Å². The first-order valence-corrected chi connectivity index (χ1v) is 14.3. The predicted octanol–water partition coefficient (Wildman–Crippen LogP) is 4.22. The third kappa shape index (κ3) is 13.3. The van der Waals surface area contributed by atoms with Gasteiger partial charge in [-0.05, 0) is 30.4 Å². The van der Waals surface area contributed by atoms with Crippen molar-refractivity contribution in [1.82, 2.24) is 10.6 Å². The molecule has 2 aromatic rings. The van der Waals surface area contributed by atoms with Gasteiger partial charge in [-0.3, -0.25) is 14.4 Å². The highest BCUT2D eigenvalue weighted by molar-refractivity contribution is 7.98. The molecule has 0 unspecified atom stereocenters. The maximum absolute atomic E-state index is 13.2. The van der Waals surface area contributed by atoms with E-state index in [1.165, 1.54) is 0 Å². The number of benzene rings is 2. The Labute approximate surface area is 236 Å². The summed E-state index contributed by atoms with van der Waals surface area (Å²) in [7, 11) is 0. The van der Waals surface area contributed by atoms with Gasteiger partial charge in [0.15, 0.2) is 0 Å². The van der Waals surface area contributed by atoms with E-state index in [-0.39, 0.29) is 43.8 Å². The highest BCUT2D eigenvalue weighted by atomic mass is 32.2. The van der Waals surface area contributed by atoms with Crippen molar-refractivity contribution < 1.29 is 24.2 Å². The molecule has 2 amide bonds. The van der Waals surface area contributed by atoms with Crippen molar-refractivity contribution in [3.63, 3.8) is 0 Å². The van der Waals surface area contributed by atoms with Gasteiger partial charge in [-0.25, -0.2) is 0 Å². The van der Waals surface area contributed by atoms with Crippen LogP contribution in [-0.2, 0) is 31.3 Å². The number of aliphatic hydroxyl groups is 1. The number of aliphatic hydroxyl groups excluding tert-OH is 1. The Kier molecular flexibility index (Phi) is 15.4. The van der Waals surface area contributed by atoms with Crippen molar-refractivity contribution >= 4 is 29.5 Å². The smallest absolute Gasteiger partial charge is 0.306 e. The molecule has 0 aliphatic heterocycles. The Hall–Kier alpha value is -3.36. The normalized spacial score (nSPS) is 12.9. The minimum atomic E-state index is -0.642. The molecule has 0 heterocycles. The summed E-state index contributed by atoms with van der Waals surface area (Å²) in [4.78, 5) is 38.1. The Balaban J connectivity index is 1.97. The first kappa shape index (κ1) is 31.9. The molecule has 0 bridgehead atoms. The second-order valence-electron chi connectivity index (χ2n) is 9.28. The van der Waals surface area contributed by atoms with E-state index in [1.807, 2.05) is 60.7 Å². The average Bonchev–Trinajstić information content (AvgIpc) is 2.95. The molecule has 0 spiro atoms. The third-order valence-electron chi connectivity index (χ3n) is 5.94. The molecule has 0 aliphatic carbocycles. The van der Waals surface area contributed by atoms with Crippen LogP contribution in [0.25, 0.3) is 0 Å². The summed E-state index contributed by atoms with van der Waals surface area (Å²) in [6.45, 7) is 7.19. The second-order valence-corrected chi connectivity index (χ2v) is 10.3. The van der Waals surface area contributed by atoms with Crippen molar-refractivity contribution in [2.75, 3.05) is 19.0 Å². The first-order valence-electron chi connectivity index (χ1n) is 13.2. The first-order chi connectivity index (χ1) is 18.9. The van der Waals surface area contributed by atoms with Crippen molar-refractivity contribution in [3.8, 4) is 0 Å². The van der Waals surface area contributed by atoms with Crippen molar-refractivity contribution in [3.05, 3.63) is 97.1 Å². The topological polar surface area (TPSA) is 105 Å². The Morgan fingerprint density at radius 1 is 0.923 bits per heavy atom. The zero-order chi connectivity index (χ0) is 28.3. The molecule has 8 heteroatoms. The summed E-state index contributed by atoms with van der Waals surface area (Å²) in [6, 6.07) is 18.7. The third-order valence-corrected chi connectivity index (χ3v) is 7.11. The van der Waals surface area contributed by atoms with Crippen molar-refractivity contribution in [1.29, 1.82) is 0 Å². The molecular weight excluding hydrogens is 512 g/mol. The Morgan fingerprint density at radius 3 is 2.21 bits per heavy atom. The van der Waals surface area contributed by atoms with Gasteiger partial charge in [0.25, 0.3) is 0 Å². The van der Waals surface area contributed by atoms with Crippen LogP contribution in [0.1, 0.15) is 36.8 Å². The van der Waals surface area contributed by atoms with Gasteiger partial charge in [0.2, 0.25) is 11.8 Å². The van der Waals surface area contributed by atoms with Gasteiger partial charge in [-0.1, -0.05) is 72.8 Å². The lowest BCUT2D eigenvalue weighted by molar-refractivity contribution is -0.145. The van der Waals surface area contributed by atoms with E-state index in [0.29, 0.717) is 25.0 Å². The van der Waals surface area contributed by atoms with E-state index >= 15 is 0 Å². The van der Waals surface area contributed by atoms with Crippen LogP contribution in [0.2, 0.25) is 0 Å². The van der Waals surface area contributed by atoms with Crippen LogP contribution in [0.5, 0.6) is 0 Å². The van der Waals surface area contributed by atoms with Crippen LogP contribution in [0.15, 0.2) is 86.0 Å². The molecule has 0 fully saturated rings. The number of rotatable bonds is 19. The average molecular weight is 553 g/mol. The fraction of sp³-hybridized carbons (Fsp3) is 0.387. The Morgan fingerprint density at radius 2 is 1.59 bits per heavy atom. The maximum Gasteiger partial charge on any atom is 0.306 e. The number of thioether (sulfide) groups is 1. The fourth-order valence-corrected chi connectivity index (χ4v) is 4.89. The standard InChI is InChI=1S/C31H40N2O5S/c1-3-5-17-30(36)38-21-28(23-39-22-25-15-10-7-11-16-25)33-31(37)26(12-4-2)19-29(35)32-27(20-34)18-24-13-8-6-9-14-24/h3-4,6-11,13-16,26-28,34H,1-2,5,12,17-23H2,(H,32,35)(H,33,37)/t26-,27-,28-/m1/s1. The van der Waals surface area contributed by atoms with Crippen molar-refractivity contribution in [2.24, 2.45) is 5.92 Å². The Bertz CT molecular complexity index is 1030. The van der Waals surface area contributed by atoms with Crippen LogP contribution in [0.4, 0.5) is 0 Å². The zero-order valence-electron chi connectivity index (χ0n) is 22.4. The van der Waals surface area contributed by atoms with E-state index in [4.69, 9.17) is 4.74 Å². The molecule has 0 saturated heterocycles. The summed E-state index contributed by atoms with van der Waals surface area (Å²) >= 11 is 1.63. The minimum absolute atomic E-state index is 0.0418. The number of esters is 1. The number of carbonyl (C=O) groups excluding carboxylic acids is 3. The number of allylic oxidation sites excluding steroid dienone is 2. The van der Waals surface area contributed by atoms with Crippen LogP contribution >= 0.6 is 11.8 Å². The van der Waals surface area contributed by atoms with E-state index in [0.717, 1.165) is 16.9 Å². The number of hydrogen-bond acceptors (Lipinski definition) is 6. The minimum Gasteiger partial charge on any atom is -0.463 e. The molecular formula is C31H40N2O5S. The van der Waals surface area contributed by atoms with E-state index in [2.05, 4.69) is 23.8 Å². The quantitative estimate of drug-likeness (QED) is 0.178. The molecule has 2 aromatic carbocycles. The largest absolute Gasteiger partial charge is 0.463 e. The molecule has 3 atom stereocenters. The lowest BCUT2D eigenvalue weighted by atomic mass is 9.98. The highest BCUT2D eigenvalue weighted by Gasteiger charge is 2.25. The molecule has 7 nitrogen and oxygen atoms in total. The van der Waals surface area contributed by atoms with Crippen LogP contribution in [0, 0.1) is 5.92 Å². The summed E-state index contributed by atoms with van der Waals surface area (Å²) in [5, 5.41) is 15.6. The summed E-state index contributed by atoms with van der Waals surface area (Å²) < 4.78 is 5.41. The molecule has 210 valence electrons. The van der Waals surface area contributed by atoms with Gasteiger partial charge in [0, 0.05) is 24.3 Å². The monoisotopic (exact) mass is 552 g/mol. The molecule has 2 rings (SSSR count). The van der Waals surface area contributed by atoms with Gasteiger partial charge in [-0.15, -0.1) is 13.2 Å². The van der Waals surface area contributed by atoms with E-state index < -0.39 is 18.0 Å². The van der Waals surface area contributed by atoms with Gasteiger partial charge in [0.05, 0.1) is 24.6 Å². The van der Waals surface area contributed by atoms with Gasteiger partial charge >= 0.3 is 5.97 Å². The predicted molar refractivity (Wildman–Crippen MR) is 157 cm³/mol. The fourth-order valence-electron chi connectivity index (χ4n) is 3.88. The molecule has 3 N–H and O–H groups in total. The van der Waals surface area contributed by atoms with Crippen LogP contribution < -0.4 is 10.6 Å². The van der Waals surface area contributed by atoms with E-state index in [1.54, 1.807) is 23.9 Å². The summed E-state index contributed by atoms with van der Waals surface area (Å²) in [6.07, 6.45) is 4.77. The van der Waals surface area contributed by atoms with Gasteiger partial charge in [-0.2, -0.15) is 11.8 Å². The number of hydrogen-bond donors (Lipinski definition) is 3. The molecule has 0 saturated carbocycles. The molecule has 0 radical (unpaired) electrons. The molecule has 39 heavy (non-hydrogen) atoms. The lowest BCUT2D eigenvalue weighted by Crippen LogP contribution is -2.45. The van der Waals surface area contributed by atoms with E-state index in [9.17, 15) is 19.5 Å². The maximum atomic E-state index is 13.2. The van der Waals surface area contributed by atoms with Crippen LogP contribution in [0.3, 0.4) is 0 Å². The lowest BCUT2D eigenvalue weighted by Gasteiger charge is -2.23. The number of amides is 2. The van der Waals surface area contributed by atoms with Gasteiger partial charge < -0.3 is 20.5 Å². The SMILES string of the molecule is C=CCCC(=O)OC[C@H](CSCc1ccccc1)NC(=O)[C@H](CC=C)CC(=O)N[C@@H](CO)Cc1ccccc1. The molecule has 0 aromatic heterocycles. The number of carbonyl (C=O) groups is 3. The van der Waals surface area contributed by atoms with Crippen molar-refractivity contribution in [2.45, 2.75) is 49.9 Å². The second kappa shape index (κ2) is 18.8. The highest BCUT2D eigenvalue weighted by Crippen LogP contribution is 2.16. The number of ether oxygens (including phenoxy) is 1. The number of nitrogens with one attached hydrogen (secondary N) is 2. The zero-order valence-corrected chi connectivity index (χ0v) is 23.2. The summed E-state index contributed by atoms with van der Waals surface area (Å²) in [5.41, 5.74) is 2.15.